The zero-order valence-electron chi connectivity index (χ0n) is 13.7. The zero-order chi connectivity index (χ0) is 15.9. The molecule has 1 amide bonds. The number of piperazine rings is 1. The number of benzene rings is 1. The molecular formula is C17H25ClN2O3. The highest BCUT2D eigenvalue weighted by Crippen LogP contribution is 2.15. The van der Waals surface area contributed by atoms with E-state index in [9.17, 15) is 9.59 Å². The molecule has 1 N–H and O–H groups in total. The normalized spacial score (nSPS) is 17.3. The van der Waals surface area contributed by atoms with Gasteiger partial charge >= 0.3 is 0 Å². The van der Waals surface area contributed by atoms with E-state index in [2.05, 4.69) is 5.32 Å². The summed E-state index contributed by atoms with van der Waals surface area (Å²) in [6, 6.07) is 7.28. The Morgan fingerprint density at radius 1 is 1.26 bits per heavy atom. The van der Waals surface area contributed by atoms with E-state index in [1.807, 2.05) is 18.7 Å². The SMILES string of the molecule is CCOc1ccc(C(=O)CCC(=O)N2CCNC[C@H]2C)cc1.Cl. The highest BCUT2D eigenvalue weighted by atomic mass is 35.5. The average molecular weight is 341 g/mol. The number of nitrogens with one attached hydrogen (secondary N) is 1. The number of carbonyl (C=O) groups excluding carboxylic acids is 2. The number of hydrogen-bond acceptors (Lipinski definition) is 4. The van der Waals surface area contributed by atoms with Crippen LogP contribution in [0.2, 0.25) is 0 Å². The molecule has 6 heteroatoms. The minimum atomic E-state index is -0.000754. The first kappa shape index (κ1) is 19.5. The van der Waals surface area contributed by atoms with Crippen molar-refractivity contribution in [1.29, 1.82) is 0 Å². The van der Waals surface area contributed by atoms with Crippen molar-refractivity contribution in [2.45, 2.75) is 32.7 Å². The van der Waals surface area contributed by atoms with Gasteiger partial charge in [-0.25, -0.2) is 0 Å². The molecule has 1 aromatic rings. The molecule has 1 aromatic carbocycles. The van der Waals surface area contributed by atoms with E-state index >= 15 is 0 Å². The van der Waals surface area contributed by atoms with Gasteiger partial charge in [0.15, 0.2) is 5.78 Å². The van der Waals surface area contributed by atoms with E-state index < -0.39 is 0 Å². The fourth-order valence-corrected chi connectivity index (χ4v) is 2.62. The minimum Gasteiger partial charge on any atom is -0.494 e. The monoisotopic (exact) mass is 340 g/mol. The Morgan fingerprint density at radius 2 is 1.96 bits per heavy atom. The molecule has 0 unspecified atom stereocenters. The van der Waals surface area contributed by atoms with Crippen LogP contribution < -0.4 is 10.1 Å². The van der Waals surface area contributed by atoms with Crippen LogP contribution in [0.25, 0.3) is 0 Å². The van der Waals surface area contributed by atoms with E-state index in [1.165, 1.54) is 0 Å². The fraction of sp³-hybridized carbons (Fsp3) is 0.529. The van der Waals surface area contributed by atoms with Gasteiger partial charge in [-0.15, -0.1) is 12.4 Å². The third kappa shape index (κ3) is 5.52. The number of amides is 1. The third-order valence-corrected chi connectivity index (χ3v) is 3.87. The molecule has 0 saturated carbocycles. The Hall–Kier alpha value is -1.59. The molecule has 0 radical (unpaired) electrons. The largest absolute Gasteiger partial charge is 0.494 e. The Morgan fingerprint density at radius 3 is 2.57 bits per heavy atom. The number of hydrogen-bond donors (Lipinski definition) is 1. The van der Waals surface area contributed by atoms with Crippen LogP contribution in [0.1, 0.15) is 37.0 Å². The molecule has 5 nitrogen and oxygen atoms in total. The van der Waals surface area contributed by atoms with Crippen LogP contribution in [0, 0.1) is 0 Å². The number of ether oxygens (including phenoxy) is 1. The average Bonchev–Trinajstić information content (AvgIpc) is 2.54. The van der Waals surface area contributed by atoms with Crippen molar-refractivity contribution >= 4 is 24.1 Å². The second kappa shape index (κ2) is 9.53. The van der Waals surface area contributed by atoms with Crippen molar-refractivity contribution in [3.63, 3.8) is 0 Å². The van der Waals surface area contributed by atoms with E-state index in [-0.39, 0.29) is 43.0 Å². The Bertz CT molecular complexity index is 519. The van der Waals surface area contributed by atoms with Gasteiger partial charge in [-0.3, -0.25) is 9.59 Å². The van der Waals surface area contributed by atoms with Crippen molar-refractivity contribution < 1.29 is 14.3 Å². The van der Waals surface area contributed by atoms with E-state index in [0.29, 0.717) is 12.2 Å². The molecule has 0 aliphatic carbocycles. The maximum absolute atomic E-state index is 12.2. The van der Waals surface area contributed by atoms with Gasteiger partial charge in [-0.2, -0.15) is 0 Å². The van der Waals surface area contributed by atoms with Crippen molar-refractivity contribution in [2.75, 3.05) is 26.2 Å². The van der Waals surface area contributed by atoms with Crippen LogP contribution in [-0.2, 0) is 4.79 Å². The van der Waals surface area contributed by atoms with Gasteiger partial charge in [0, 0.05) is 44.1 Å². The van der Waals surface area contributed by atoms with E-state index in [0.717, 1.165) is 25.4 Å². The summed E-state index contributed by atoms with van der Waals surface area (Å²) in [7, 11) is 0. The smallest absolute Gasteiger partial charge is 0.223 e. The summed E-state index contributed by atoms with van der Waals surface area (Å²) in [5.74, 6) is 0.817. The summed E-state index contributed by atoms with van der Waals surface area (Å²) in [5, 5.41) is 3.25. The molecule has 23 heavy (non-hydrogen) atoms. The van der Waals surface area contributed by atoms with Gasteiger partial charge in [-0.05, 0) is 38.1 Å². The molecule has 0 bridgehead atoms. The first-order valence-corrected chi connectivity index (χ1v) is 7.88. The van der Waals surface area contributed by atoms with Crippen LogP contribution in [0.3, 0.4) is 0 Å². The third-order valence-electron chi connectivity index (χ3n) is 3.87. The summed E-state index contributed by atoms with van der Waals surface area (Å²) in [6.45, 7) is 6.91. The lowest BCUT2D eigenvalue weighted by Gasteiger charge is -2.34. The second-order valence-corrected chi connectivity index (χ2v) is 5.52. The number of halogens is 1. The quantitative estimate of drug-likeness (QED) is 0.807. The summed E-state index contributed by atoms with van der Waals surface area (Å²) in [6.07, 6.45) is 0.528. The number of carbonyl (C=O) groups is 2. The molecular weight excluding hydrogens is 316 g/mol. The summed E-state index contributed by atoms with van der Waals surface area (Å²) in [4.78, 5) is 26.2. The van der Waals surface area contributed by atoms with Gasteiger partial charge < -0.3 is 15.0 Å². The minimum absolute atomic E-state index is 0. The molecule has 1 aliphatic heterocycles. The van der Waals surface area contributed by atoms with Crippen LogP contribution in [0.15, 0.2) is 24.3 Å². The first-order valence-electron chi connectivity index (χ1n) is 7.88. The van der Waals surface area contributed by atoms with Crippen molar-refractivity contribution in [1.82, 2.24) is 10.2 Å². The fourth-order valence-electron chi connectivity index (χ4n) is 2.62. The van der Waals surface area contributed by atoms with Crippen LogP contribution in [0.5, 0.6) is 5.75 Å². The molecule has 0 aromatic heterocycles. The molecule has 1 heterocycles. The van der Waals surface area contributed by atoms with Crippen LogP contribution in [-0.4, -0.2) is 48.9 Å². The number of Topliss-reactive ketones (excluding diaryl/α,β-unsaturated/α-hetero) is 1. The Balaban J connectivity index is 0.00000264. The Labute approximate surface area is 143 Å². The van der Waals surface area contributed by atoms with Gasteiger partial charge in [0.05, 0.1) is 6.61 Å². The van der Waals surface area contributed by atoms with E-state index in [1.54, 1.807) is 24.3 Å². The van der Waals surface area contributed by atoms with Crippen molar-refractivity contribution in [3.05, 3.63) is 29.8 Å². The predicted molar refractivity (Wildman–Crippen MR) is 92.5 cm³/mol. The Kier molecular flexibility index (Phi) is 8.06. The topological polar surface area (TPSA) is 58.6 Å². The molecule has 0 spiro atoms. The van der Waals surface area contributed by atoms with E-state index in [4.69, 9.17) is 4.74 Å². The summed E-state index contributed by atoms with van der Waals surface area (Å²) in [5.41, 5.74) is 0.629. The van der Waals surface area contributed by atoms with Crippen molar-refractivity contribution in [2.24, 2.45) is 0 Å². The lowest BCUT2D eigenvalue weighted by Crippen LogP contribution is -2.52. The number of ketones is 1. The van der Waals surface area contributed by atoms with Gasteiger partial charge in [-0.1, -0.05) is 0 Å². The maximum atomic E-state index is 12.2. The summed E-state index contributed by atoms with van der Waals surface area (Å²) >= 11 is 0. The molecule has 1 aliphatic rings. The standard InChI is InChI=1S/C17H24N2O3.ClH/c1-3-22-15-6-4-14(5-7-15)16(20)8-9-17(21)19-11-10-18-12-13(19)2;/h4-7,13,18H,3,8-12H2,1-2H3;1H/t13-;/m1./s1. The summed E-state index contributed by atoms with van der Waals surface area (Å²) < 4.78 is 5.35. The zero-order valence-corrected chi connectivity index (χ0v) is 14.5. The molecule has 1 atom stereocenters. The molecule has 128 valence electrons. The van der Waals surface area contributed by atoms with Gasteiger partial charge in [0.1, 0.15) is 5.75 Å². The molecule has 1 saturated heterocycles. The van der Waals surface area contributed by atoms with Crippen molar-refractivity contribution in [3.8, 4) is 5.75 Å². The van der Waals surface area contributed by atoms with Crippen LogP contribution in [0.4, 0.5) is 0 Å². The van der Waals surface area contributed by atoms with Crippen LogP contribution >= 0.6 is 12.4 Å². The highest BCUT2D eigenvalue weighted by Gasteiger charge is 2.23. The first-order chi connectivity index (χ1) is 10.6. The molecule has 1 fully saturated rings. The maximum Gasteiger partial charge on any atom is 0.223 e. The van der Waals surface area contributed by atoms with Gasteiger partial charge in [0.2, 0.25) is 5.91 Å². The second-order valence-electron chi connectivity index (χ2n) is 5.52. The number of rotatable bonds is 6. The number of nitrogens with zero attached hydrogens (tertiary/aromatic N) is 1. The predicted octanol–water partition coefficient (Wildman–Crippen LogP) is 2.29. The van der Waals surface area contributed by atoms with Gasteiger partial charge in [0.25, 0.3) is 0 Å². The highest BCUT2D eigenvalue weighted by molar-refractivity contribution is 5.98. The lowest BCUT2D eigenvalue weighted by molar-refractivity contribution is -0.133. The molecule has 2 rings (SSSR count). The lowest BCUT2D eigenvalue weighted by atomic mass is 10.1.